The van der Waals surface area contributed by atoms with Crippen molar-refractivity contribution in [2.24, 2.45) is 0 Å². The largest absolute Gasteiger partial charge is 0.456 e. The average Bonchev–Trinajstić information content (AvgIpc) is 2.54. The van der Waals surface area contributed by atoms with Crippen molar-refractivity contribution >= 4 is 21.9 Å². The van der Waals surface area contributed by atoms with Gasteiger partial charge in [-0.1, -0.05) is 12.1 Å². The number of aromatic nitrogens is 2. The molecule has 0 amide bonds. The summed E-state index contributed by atoms with van der Waals surface area (Å²) in [7, 11) is 0. The van der Waals surface area contributed by atoms with Gasteiger partial charge >= 0.3 is 0 Å². The van der Waals surface area contributed by atoms with Crippen LogP contribution < -0.4 is 5.43 Å². The molecule has 0 aliphatic rings. The van der Waals surface area contributed by atoms with Crippen molar-refractivity contribution in [2.75, 3.05) is 0 Å². The predicted molar refractivity (Wildman–Crippen MR) is 81.0 cm³/mol. The summed E-state index contributed by atoms with van der Waals surface area (Å²) < 4.78 is 5.82. The van der Waals surface area contributed by atoms with Crippen LogP contribution in [0.1, 0.15) is 0 Å². The van der Waals surface area contributed by atoms with Crippen LogP contribution in [0.5, 0.6) is 0 Å². The molecule has 0 fully saturated rings. The Balaban J connectivity index is 1.97. The molecule has 3 heterocycles. The molecule has 4 heteroatoms. The molecule has 0 aliphatic heterocycles. The van der Waals surface area contributed by atoms with Gasteiger partial charge in [-0.15, -0.1) is 0 Å². The molecule has 0 N–H and O–H groups in total. The van der Waals surface area contributed by atoms with Crippen molar-refractivity contribution in [2.45, 2.75) is 0 Å². The van der Waals surface area contributed by atoms with E-state index >= 15 is 0 Å². The van der Waals surface area contributed by atoms with E-state index in [-0.39, 0.29) is 5.43 Å². The summed E-state index contributed by atoms with van der Waals surface area (Å²) in [6, 6.07) is 12.5. The molecule has 100 valence electrons. The Hall–Kier alpha value is -3.01. The summed E-state index contributed by atoms with van der Waals surface area (Å²) >= 11 is 0. The number of nitrogens with zero attached hydrogens (tertiary/aromatic N) is 2. The Kier molecular flexibility index (Phi) is 2.54. The molecule has 0 saturated heterocycles. The first-order chi connectivity index (χ1) is 10.3. The van der Waals surface area contributed by atoms with Crippen LogP contribution in [0.25, 0.3) is 33.2 Å². The molecule has 4 nitrogen and oxygen atoms in total. The van der Waals surface area contributed by atoms with Gasteiger partial charge in [0.1, 0.15) is 11.3 Å². The van der Waals surface area contributed by atoms with E-state index in [2.05, 4.69) is 9.97 Å². The van der Waals surface area contributed by atoms with Gasteiger partial charge in [0.2, 0.25) is 0 Å². The lowest BCUT2D eigenvalue weighted by molar-refractivity contribution is 0.619. The van der Waals surface area contributed by atoms with Crippen molar-refractivity contribution < 1.29 is 4.42 Å². The number of rotatable bonds is 1. The molecule has 0 saturated carbocycles. The van der Waals surface area contributed by atoms with Crippen LogP contribution in [-0.2, 0) is 0 Å². The zero-order valence-electron chi connectivity index (χ0n) is 11.0. The first-order valence-electron chi connectivity index (χ1n) is 6.54. The van der Waals surface area contributed by atoms with E-state index in [4.69, 9.17) is 4.42 Å². The van der Waals surface area contributed by atoms with E-state index in [9.17, 15) is 4.79 Å². The summed E-state index contributed by atoms with van der Waals surface area (Å²) in [5.41, 5.74) is 2.14. The standard InChI is InChI=1S/C17H10N2O2/c20-15-8-17(21-16-4-2-1-3-13(15)16)12-7-11-9-18-6-5-14(11)19-10-12/h1-10H. The van der Waals surface area contributed by atoms with Crippen molar-refractivity contribution in [1.82, 2.24) is 9.97 Å². The number of pyridine rings is 2. The minimum Gasteiger partial charge on any atom is -0.456 e. The third-order valence-corrected chi connectivity index (χ3v) is 3.40. The highest BCUT2D eigenvalue weighted by Crippen LogP contribution is 2.23. The summed E-state index contributed by atoms with van der Waals surface area (Å²) in [6.45, 7) is 0. The second kappa shape index (κ2) is 4.52. The SMILES string of the molecule is O=c1cc(-c2cnc3ccncc3c2)oc2ccccc12. The third-order valence-electron chi connectivity index (χ3n) is 3.40. The maximum absolute atomic E-state index is 12.1. The van der Waals surface area contributed by atoms with E-state index in [1.54, 1.807) is 30.7 Å². The lowest BCUT2D eigenvalue weighted by Crippen LogP contribution is -2.00. The Morgan fingerprint density at radius 2 is 1.90 bits per heavy atom. The van der Waals surface area contributed by atoms with Crippen molar-refractivity contribution in [3.8, 4) is 11.3 Å². The van der Waals surface area contributed by atoms with Crippen LogP contribution in [0, 0.1) is 0 Å². The monoisotopic (exact) mass is 274 g/mol. The van der Waals surface area contributed by atoms with Gasteiger partial charge in [-0.3, -0.25) is 14.8 Å². The van der Waals surface area contributed by atoms with Gasteiger partial charge in [-0.25, -0.2) is 0 Å². The van der Waals surface area contributed by atoms with Gasteiger partial charge in [0, 0.05) is 35.6 Å². The highest BCUT2D eigenvalue weighted by atomic mass is 16.3. The molecule has 3 aromatic heterocycles. The van der Waals surface area contributed by atoms with Gasteiger partial charge in [-0.05, 0) is 24.3 Å². The maximum Gasteiger partial charge on any atom is 0.193 e. The number of hydrogen-bond acceptors (Lipinski definition) is 4. The summed E-state index contributed by atoms with van der Waals surface area (Å²) in [5.74, 6) is 0.511. The molecule has 0 aliphatic carbocycles. The molecule has 0 radical (unpaired) electrons. The van der Waals surface area contributed by atoms with Crippen LogP contribution in [0.4, 0.5) is 0 Å². The minimum absolute atomic E-state index is 0.0573. The van der Waals surface area contributed by atoms with Crippen LogP contribution in [0.3, 0.4) is 0 Å². The Labute approximate surface area is 119 Å². The Morgan fingerprint density at radius 1 is 1.00 bits per heavy atom. The lowest BCUT2D eigenvalue weighted by atomic mass is 10.1. The number of para-hydroxylation sites is 1. The van der Waals surface area contributed by atoms with Gasteiger partial charge in [-0.2, -0.15) is 0 Å². The summed E-state index contributed by atoms with van der Waals surface area (Å²) in [4.78, 5) is 20.6. The molecule has 0 spiro atoms. The highest BCUT2D eigenvalue weighted by Gasteiger charge is 2.07. The number of fused-ring (bicyclic) bond motifs is 2. The molecule has 4 aromatic rings. The molecule has 0 atom stereocenters. The first kappa shape index (κ1) is 11.8. The molecule has 0 bridgehead atoms. The summed E-state index contributed by atoms with van der Waals surface area (Å²) in [5, 5.41) is 1.49. The molecular formula is C17H10N2O2. The van der Waals surface area contributed by atoms with Crippen LogP contribution >= 0.6 is 0 Å². The van der Waals surface area contributed by atoms with Crippen molar-refractivity contribution in [1.29, 1.82) is 0 Å². The van der Waals surface area contributed by atoms with Crippen LogP contribution in [0.15, 0.2) is 70.3 Å². The molecular weight excluding hydrogens is 264 g/mol. The molecule has 4 rings (SSSR count). The fourth-order valence-electron chi connectivity index (χ4n) is 2.35. The topological polar surface area (TPSA) is 56.0 Å². The van der Waals surface area contributed by atoms with Gasteiger partial charge < -0.3 is 4.42 Å². The summed E-state index contributed by atoms with van der Waals surface area (Å²) in [6.07, 6.45) is 5.14. The fraction of sp³-hybridized carbons (Fsp3) is 0. The smallest absolute Gasteiger partial charge is 0.193 e. The van der Waals surface area contributed by atoms with Crippen LogP contribution in [-0.4, -0.2) is 9.97 Å². The number of benzene rings is 1. The van der Waals surface area contributed by atoms with Crippen LogP contribution in [0.2, 0.25) is 0 Å². The van der Waals surface area contributed by atoms with Crippen molar-refractivity contribution in [3.05, 3.63) is 71.3 Å². The Morgan fingerprint density at radius 3 is 2.86 bits per heavy atom. The third kappa shape index (κ3) is 1.97. The van der Waals surface area contributed by atoms with E-state index in [1.165, 1.54) is 6.07 Å². The lowest BCUT2D eigenvalue weighted by Gasteiger charge is -2.04. The van der Waals surface area contributed by atoms with Gasteiger partial charge in [0.15, 0.2) is 5.43 Å². The first-order valence-corrected chi connectivity index (χ1v) is 6.54. The second-order valence-electron chi connectivity index (χ2n) is 4.76. The maximum atomic E-state index is 12.1. The molecule has 1 aromatic carbocycles. The van der Waals surface area contributed by atoms with E-state index in [1.807, 2.05) is 24.3 Å². The second-order valence-corrected chi connectivity index (χ2v) is 4.76. The zero-order valence-corrected chi connectivity index (χ0v) is 11.0. The van der Waals surface area contributed by atoms with E-state index < -0.39 is 0 Å². The van der Waals surface area contributed by atoms with E-state index in [0.717, 1.165) is 16.5 Å². The Bertz CT molecular complexity index is 1020. The number of hydrogen-bond donors (Lipinski definition) is 0. The predicted octanol–water partition coefficient (Wildman–Crippen LogP) is 3.40. The van der Waals surface area contributed by atoms with Gasteiger partial charge in [0.05, 0.1) is 10.9 Å². The van der Waals surface area contributed by atoms with Gasteiger partial charge in [0.25, 0.3) is 0 Å². The molecule has 0 unspecified atom stereocenters. The normalized spacial score (nSPS) is 11.0. The van der Waals surface area contributed by atoms with E-state index in [0.29, 0.717) is 16.7 Å². The molecule has 21 heavy (non-hydrogen) atoms. The quantitative estimate of drug-likeness (QED) is 0.534. The minimum atomic E-state index is -0.0573. The zero-order chi connectivity index (χ0) is 14.2. The highest BCUT2D eigenvalue weighted by molar-refractivity contribution is 5.83. The van der Waals surface area contributed by atoms with Crippen molar-refractivity contribution in [3.63, 3.8) is 0 Å². The average molecular weight is 274 g/mol. The fourth-order valence-corrected chi connectivity index (χ4v) is 2.35.